The van der Waals surface area contributed by atoms with Crippen molar-refractivity contribution in [3.05, 3.63) is 0 Å². The summed E-state index contributed by atoms with van der Waals surface area (Å²) in [7, 11) is 0. The van der Waals surface area contributed by atoms with Crippen LogP contribution in [0.2, 0.25) is 0 Å². The lowest BCUT2D eigenvalue weighted by Crippen LogP contribution is -2.58. The van der Waals surface area contributed by atoms with E-state index in [1.54, 1.807) is 0 Å². The SMILES string of the molecule is CCOCC(N)C(C)(C)N1CCCCCC1. The minimum Gasteiger partial charge on any atom is -0.380 e. The third-order valence-corrected chi connectivity index (χ3v) is 3.83. The van der Waals surface area contributed by atoms with Gasteiger partial charge in [-0.3, -0.25) is 4.90 Å². The van der Waals surface area contributed by atoms with E-state index in [0.29, 0.717) is 6.61 Å². The molecule has 0 aromatic heterocycles. The van der Waals surface area contributed by atoms with Gasteiger partial charge >= 0.3 is 0 Å². The van der Waals surface area contributed by atoms with Crippen LogP contribution in [0.4, 0.5) is 0 Å². The van der Waals surface area contributed by atoms with Crippen LogP contribution in [-0.4, -0.2) is 42.8 Å². The lowest BCUT2D eigenvalue weighted by molar-refractivity contribution is 0.0446. The monoisotopic (exact) mass is 228 g/mol. The van der Waals surface area contributed by atoms with E-state index in [1.165, 1.54) is 38.8 Å². The summed E-state index contributed by atoms with van der Waals surface area (Å²) in [6.45, 7) is 10.3. The molecule has 1 saturated heterocycles. The molecular weight excluding hydrogens is 200 g/mol. The zero-order valence-corrected chi connectivity index (χ0v) is 11.2. The number of hydrogen-bond acceptors (Lipinski definition) is 3. The lowest BCUT2D eigenvalue weighted by Gasteiger charge is -2.42. The quantitative estimate of drug-likeness (QED) is 0.782. The Bertz CT molecular complexity index is 186. The van der Waals surface area contributed by atoms with Crippen LogP contribution in [0.15, 0.2) is 0 Å². The number of likely N-dealkylation sites (tertiary alicyclic amines) is 1. The molecule has 1 heterocycles. The molecule has 0 aromatic rings. The molecule has 0 aliphatic carbocycles. The molecular formula is C13H28N2O. The summed E-state index contributed by atoms with van der Waals surface area (Å²) < 4.78 is 5.45. The predicted molar refractivity (Wildman–Crippen MR) is 68.6 cm³/mol. The van der Waals surface area contributed by atoms with Crippen LogP contribution in [0.1, 0.15) is 46.5 Å². The smallest absolute Gasteiger partial charge is 0.0635 e. The molecule has 1 aliphatic rings. The zero-order valence-electron chi connectivity index (χ0n) is 11.2. The van der Waals surface area contributed by atoms with Crippen LogP contribution < -0.4 is 5.73 Å². The molecule has 1 aliphatic heterocycles. The number of rotatable bonds is 5. The van der Waals surface area contributed by atoms with E-state index in [1.807, 2.05) is 6.92 Å². The van der Waals surface area contributed by atoms with Crippen molar-refractivity contribution in [1.29, 1.82) is 0 Å². The third-order valence-electron chi connectivity index (χ3n) is 3.83. The van der Waals surface area contributed by atoms with Crippen molar-refractivity contribution in [1.82, 2.24) is 4.90 Å². The Balaban J connectivity index is 2.51. The third kappa shape index (κ3) is 3.72. The summed E-state index contributed by atoms with van der Waals surface area (Å²) in [6.07, 6.45) is 5.36. The summed E-state index contributed by atoms with van der Waals surface area (Å²) in [4.78, 5) is 2.55. The number of hydrogen-bond donors (Lipinski definition) is 1. The van der Waals surface area contributed by atoms with Crippen LogP contribution >= 0.6 is 0 Å². The Morgan fingerprint density at radius 2 is 1.75 bits per heavy atom. The average Bonchev–Trinajstić information content (AvgIpc) is 2.54. The van der Waals surface area contributed by atoms with Gasteiger partial charge < -0.3 is 10.5 Å². The molecule has 3 heteroatoms. The molecule has 0 spiro atoms. The molecule has 0 radical (unpaired) electrons. The van der Waals surface area contributed by atoms with Gasteiger partial charge in [-0.05, 0) is 46.7 Å². The van der Waals surface area contributed by atoms with Crippen molar-refractivity contribution in [3.63, 3.8) is 0 Å². The van der Waals surface area contributed by atoms with Crippen molar-refractivity contribution >= 4 is 0 Å². The molecule has 0 saturated carbocycles. The summed E-state index contributed by atoms with van der Waals surface area (Å²) in [6, 6.07) is 0.102. The van der Waals surface area contributed by atoms with E-state index in [0.717, 1.165) is 6.61 Å². The maximum absolute atomic E-state index is 6.25. The summed E-state index contributed by atoms with van der Waals surface area (Å²) >= 11 is 0. The minimum atomic E-state index is 0.0551. The molecule has 3 nitrogen and oxygen atoms in total. The van der Waals surface area contributed by atoms with Gasteiger partial charge in [-0.25, -0.2) is 0 Å². The van der Waals surface area contributed by atoms with Crippen LogP contribution in [0.5, 0.6) is 0 Å². The first-order chi connectivity index (χ1) is 7.59. The highest BCUT2D eigenvalue weighted by atomic mass is 16.5. The van der Waals surface area contributed by atoms with Crippen LogP contribution in [-0.2, 0) is 4.74 Å². The fourth-order valence-corrected chi connectivity index (χ4v) is 2.33. The minimum absolute atomic E-state index is 0.0551. The van der Waals surface area contributed by atoms with E-state index >= 15 is 0 Å². The van der Waals surface area contributed by atoms with Gasteiger partial charge in [0.2, 0.25) is 0 Å². The molecule has 2 N–H and O–H groups in total. The van der Waals surface area contributed by atoms with Crippen molar-refractivity contribution in [2.45, 2.75) is 58.0 Å². The predicted octanol–water partition coefficient (Wildman–Crippen LogP) is 2.00. The summed E-state index contributed by atoms with van der Waals surface area (Å²) in [5, 5.41) is 0. The zero-order chi connectivity index (χ0) is 12.0. The van der Waals surface area contributed by atoms with Gasteiger partial charge in [-0.15, -0.1) is 0 Å². The molecule has 16 heavy (non-hydrogen) atoms. The van der Waals surface area contributed by atoms with E-state index in [9.17, 15) is 0 Å². The molecule has 1 unspecified atom stereocenters. The highest BCUT2D eigenvalue weighted by Crippen LogP contribution is 2.22. The van der Waals surface area contributed by atoms with Gasteiger partial charge in [0, 0.05) is 18.2 Å². The summed E-state index contributed by atoms with van der Waals surface area (Å²) in [5.74, 6) is 0. The Morgan fingerprint density at radius 1 is 1.19 bits per heavy atom. The van der Waals surface area contributed by atoms with Gasteiger partial charge in [-0.1, -0.05) is 12.8 Å². The van der Waals surface area contributed by atoms with E-state index in [2.05, 4.69) is 18.7 Å². The summed E-state index contributed by atoms with van der Waals surface area (Å²) in [5.41, 5.74) is 6.31. The Labute approximate surface area is 100 Å². The number of nitrogens with two attached hydrogens (primary N) is 1. The van der Waals surface area contributed by atoms with Gasteiger partial charge in [0.05, 0.1) is 6.61 Å². The second kappa shape index (κ2) is 6.58. The fourth-order valence-electron chi connectivity index (χ4n) is 2.33. The maximum Gasteiger partial charge on any atom is 0.0635 e. The Morgan fingerprint density at radius 3 is 2.25 bits per heavy atom. The van der Waals surface area contributed by atoms with Crippen molar-refractivity contribution in [3.8, 4) is 0 Å². The fraction of sp³-hybridized carbons (Fsp3) is 1.00. The van der Waals surface area contributed by atoms with Gasteiger partial charge in [0.15, 0.2) is 0 Å². The molecule has 1 rings (SSSR count). The Kier molecular flexibility index (Phi) is 5.73. The van der Waals surface area contributed by atoms with Gasteiger partial charge in [-0.2, -0.15) is 0 Å². The highest BCUT2D eigenvalue weighted by molar-refractivity contribution is 4.92. The Hall–Kier alpha value is -0.120. The van der Waals surface area contributed by atoms with Crippen LogP contribution in [0.3, 0.4) is 0 Å². The second-order valence-corrected chi connectivity index (χ2v) is 5.32. The van der Waals surface area contributed by atoms with E-state index < -0.39 is 0 Å². The first kappa shape index (κ1) is 13.9. The number of ether oxygens (including phenoxy) is 1. The normalized spacial score (nSPS) is 21.8. The maximum atomic E-state index is 6.25. The van der Waals surface area contributed by atoms with Gasteiger partial charge in [0.25, 0.3) is 0 Å². The first-order valence-corrected chi connectivity index (χ1v) is 6.67. The lowest BCUT2D eigenvalue weighted by atomic mass is 9.93. The highest BCUT2D eigenvalue weighted by Gasteiger charge is 2.33. The van der Waals surface area contributed by atoms with Crippen LogP contribution in [0.25, 0.3) is 0 Å². The van der Waals surface area contributed by atoms with Crippen LogP contribution in [0, 0.1) is 0 Å². The standard InChI is InChI=1S/C13H28N2O/c1-4-16-11-12(14)13(2,3)15-9-7-5-6-8-10-15/h12H,4-11,14H2,1-3H3. The molecule has 0 amide bonds. The molecule has 1 atom stereocenters. The van der Waals surface area contributed by atoms with E-state index in [-0.39, 0.29) is 11.6 Å². The first-order valence-electron chi connectivity index (χ1n) is 6.67. The van der Waals surface area contributed by atoms with Crippen molar-refractivity contribution in [2.24, 2.45) is 5.73 Å². The van der Waals surface area contributed by atoms with Crippen molar-refractivity contribution in [2.75, 3.05) is 26.3 Å². The molecule has 0 aromatic carbocycles. The average molecular weight is 228 g/mol. The number of nitrogens with zero attached hydrogens (tertiary/aromatic N) is 1. The van der Waals surface area contributed by atoms with Crippen molar-refractivity contribution < 1.29 is 4.74 Å². The van der Waals surface area contributed by atoms with Gasteiger partial charge in [0.1, 0.15) is 0 Å². The topological polar surface area (TPSA) is 38.5 Å². The second-order valence-electron chi connectivity index (χ2n) is 5.32. The molecule has 96 valence electrons. The largest absolute Gasteiger partial charge is 0.380 e. The molecule has 1 fully saturated rings. The molecule has 0 bridgehead atoms. The van der Waals surface area contributed by atoms with E-state index in [4.69, 9.17) is 10.5 Å².